The van der Waals surface area contributed by atoms with Gasteiger partial charge in [-0.1, -0.05) is 36.4 Å². The number of carbonyl (C=O) groups is 1. The average Bonchev–Trinajstić information content (AvgIpc) is 3.20. The van der Waals surface area contributed by atoms with E-state index in [9.17, 15) is 14.3 Å². The summed E-state index contributed by atoms with van der Waals surface area (Å²) in [6.45, 7) is 6.92. The molecule has 2 heterocycles. The Balaban J connectivity index is 1.87. The second kappa shape index (κ2) is 9.32. The highest BCUT2D eigenvalue weighted by Gasteiger charge is 2.34. The highest BCUT2D eigenvalue weighted by Crippen LogP contribution is 2.47. The van der Waals surface area contributed by atoms with E-state index in [-0.39, 0.29) is 18.2 Å². The van der Waals surface area contributed by atoms with Crippen molar-refractivity contribution in [1.82, 2.24) is 9.80 Å². The molecule has 0 amide bonds. The topological polar surface area (TPSA) is 66.2 Å². The lowest BCUT2D eigenvalue weighted by Crippen LogP contribution is -2.46. The van der Waals surface area contributed by atoms with Gasteiger partial charge in [0.05, 0.1) is 12.6 Å². The molecule has 5 rings (SSSR count). The van der Waals surface area contributed by atoms with Crippen LogP contribution in [0.5, 0.6) is 5.75 Å². The van der Waals surface area contributed by atoms with Gasteiger partial charge in [0.25, 0.3) is 0 Å². The van der Waals surface area contributed by atoms with Crippen LogP contribution in [0, 0.1) is 12.7 Å². The standard InChI is InChI=1S/C28H29FN2O4/c1-4-34-28(33)22-17(2)35-27-21-8-6-5-7-20(21)26(32)24(23(22)27)25(18-9-11-19(29)12-10-18)31-15-13-30(3)14-16-31/h5-12,25,32H,4,13-16H2,1-3H3/t25-/m1/s1. The van der Waals surface area contributed by atoms with Gasteiger partial charge >= 0.3 is 5.97 Å². The molecule has 3 aromatic carbocycles. The molecule has 0 radical (unpaired) electrons. The Labute approximate surface area is 203 Å². The minimum atomic E-state index is -0.490. The Bertz CT molecular complexity index is 1390. The zero-order valence-electron chi connectivity index (χ0n) is 20.2. The van der Waals surface area contributed by atoms with E-state index in [1.807, 2.05) is 24.3 Å². The van der Waals surface area contributed by atoms with Crippen molar-refractivity contribution in [3.05, 3.63) is 76.8 Å². The van der Waals surface area contributed by atoms with E-state index < -0.39 is 12.0 Å². The molecule has 1 atom stereocenters. The van der Waals surface area contributed by atoms with Gasteiger partial charge in [-0.2, -0.15) is 0 Å². The van der Waals surface area contributed by atoms with Gasteiger partial charge in [-0.05, 0) is 38.6 Å². The summed E-state index contributed by atoms with van der Waals surface area (Å²) in [6, 6.07) is 13.4. The van der Waals surface area contributed by atoms with Crippen LogP contribution in [0.4, 0.5) is 4.39 Å². The van der Waals surface area contributed by atoms with Crippen LogP contribution in [0.3, 0.4) is 0 Å². The molecule has 4 aromatic rings. The third kappa shape index (κ3) is 4.05. The number of aromatic hydroxyl groups is 1. The van der Waals surface area contributed by atoms with Crippen molar-refractivity contribution < 1.29 is 23.4 Å². The number of carbonyl (C=O) groups excluding carboxylic acids is 1. The lowest BCUT2D eigenvalue weighted by molar-refractivity contribution is 0.0526. The van der Waals surface area contributed by atoms with Crippen LogP contribution in [0.15, 0.2) is 52.9 Å². The number of rotatable bonds is 5. The summed E-state index contributed by atoms with van der Waals surface area (Å²) < 4.78 is 25.5. The molecule has 0 unspecified atom stereocenters. The van der Waals surface area contributed by atoms with Crippen LogP contribution in [-0.2, 0) is 4.74 Å². The van der Waals surface area contributed by atoms with E-state index in [4.69, 9.17) is 9.15 Å². The molecule has 0 spiro atoms. The Morgan fingerprint density at radius 3 is 2.40 bits per heavy atom. The lowest BCUT2D eigenvalue weighted by atomic mass is 9.88. The van der Waals surface area contributed by atoms with Gasteiger partial charge in [0.15, 0.2) is 0 Å². The maximum atomic E-state index is 13.9. The minimum absolute atomic E-state index is 0.0905. The van der Waals surface area contributed by atoms with Gasteiger partial charge in [0.1, 0.15) is 28.5 Å². The predicted molar refractivity (Wildman–Crippen MR) is 133 cm³/mol. The number of benzene rings is 3. The summed E-state index contributed by atoms with van der Waals surface area (Å²) in [6.07, 6.45) is 0. The van der Waals surface area contributed by atoms with Crippen LogP contribution in [0.2, 0.25) is 0 Å². The van der Waals surface area contributed by atoms with Gasteiger partial charge in [0, 0.05) is 47.9 Å². The van der Waals surface area contributed by atoms with Crippen LogP contribution in [-0.4, -0.2) is 60.7 Å². The molecular weight excluding hydrogens is 447 g/mol. The number of phenols is 1. The van der Waals surface area contributed by atoms with Crippen LogP contribution in [0.25, 0.3) is 21.7 Å². The summed E-state index contributed by atoms with van der Waals surface area (Å²) in [4.78, 5) is 17.7. The second-order valence-electron chi connectivity index (χ2n) is 9.06. The van der Waals surface area contributed by atoms with Gasteiger partial charge in [0.2, 0.25) is 0 Å². The smallest absolute Gasteiger partial charge is 0.342 e. The third-order valence-electron chi connectivity index (χ3n) is 6.88. The average molecular weight is 477 g/mol. The van der Waals surface area contributed by atoms with Crippen molar-refractivity contribution in [2.45, 2.75) is 19.9 Å². The lowest BCUT2D eigenvalue weighted by Gasteiger charge is -2.39. The Morgan fingerprint density at radius 2 is 1.74 bits per heavy atom. The normalized spacial score (nSPS) is 16.1. The van der Waals surface area contributed by atoms with Gasteiger partial charge in [-0.15, -0.1) is 0 Å². The summed E-state index contributed by atoms with van der Waals surface area (Å²) in [5.74, 6) is -0.291. The van der Waals surface area contributed by atoms with Gasteiger partial charge < -0.3 is 19.2 Å². The molecule has 6 nitrogen and oxygen atoms in total. The molecule has 1 fully saturated rings. The molecule has 35 heavy (non-hydrogen) atoms. The predicted octanol–water partition coefficient (Wildman–Crippen LogP) is 5.25. The van der Waals surface area contributed by atoms with Crippen molar-refractivity contribution in [3.63, 3.8) is 0 Å². The van der Waals surface area contributed by atoms with E-state index in [1.165, 1.54) is 12.1 Å². The number of aryl methyl sites for hydroxylation is 1. The fourth-order valence-electron chi connectivity index (χ4n) is 5.14. The Morgan fingerprint density at radius 1 is 1.09 bits per heavy atom. The number of hydrogen-bond donors (Lipinski definition) is 1. The monoisotopic (exact) mass is 476 g/mol. The van der Waals surface area contributed by atoms with Crippen molar-refractivity contribution in [1.29, 1.82) is 0 Å². The molecular formula is C28H29FN2O4. The molecule has 1 aliphatic heterocycles. The molecule has 7 heteroatoms. The number of esters is 1. The number of fused-ring (bicyclic) bond motifs is 3. The highest BCUT2D eigenvalue weighted by atomic mass is 19.1. The minimum Gasteiger partial charge on any atom is -0.507 e. The molecule has 182 valence electrons. The SMILES string of the molecule is CCOC(=O)c1c(C)oc2c1c([C@@H](c1ccc(F)cc1)N1CCN(C)CC1)c(O)c1ccccc12. The van der Waals surface area contributed by atoms with Crippen LogP contribution in [0.1, 0.15) is 40.2 Å². The first-order chi connectivity index (χ1) is 16.9. The summed E-state index contributed by atoms with van der Waals surface area (Å²) >= 11 is 0. The van der Waals surface area contributed by atoms with Crippen molar-refractivity contribution in [2.24, 2.45) is 0 Å². The number of piperazine rings is 1. The highest BCUT2D eigenvalue weighted by molar-refractivity contribution is 6.16. The largest absolute Gasteiger partial charge is 0.507 e. The quantitative estimate of drug-likeness (QED) is 0.397. The molecule has 1 aromatic heterocycles. The van der Waals surface area contributed by atoms with E-state index in [2.05, 4.69) is 16.8 Å². The molecule has 0 saturated carbocycles. The zero-order chi connectivity index (χ0) is 24.7. The number of ether oxygens (including phenoxy) is 1. The van der Waals surface area contributed by atoms with Crippen LogP contribution >= 0.6 is 0 Å². The van der Waals surface area contributed by atoms with Gasteiger partial charge in [-0.3, -0.25) is 4.90 Å². The van der Waals surface area contributed by atoms with E-state index in [0.717, 1.165) is 37.1 Å². The van der Waals surface area contributed by atoms with Crippen molar-refractivity contribution in [2.75, 3.05) is 39.8 Å². The fourth-order valence-corrected chi connectivity index (χ4v) is 5.14. The third-order valence-corrected chi connectivity index (χ3v) is 6.88. The molecule has 1 saturated heterocycles. The molecule has 0 bridgehead atoms. The number of likely N-dealkylation sites (N-methyl/N-ethyl adjacent to an activating group) is 1. The first-order valence-corrected chi connectivity index (χ1v) is 11.9. The van der Waals surface area contributed by atoms with Crippen molar-refractivity contribution >= 4 is 27.7 Å². The molecule has 1 aliphatic rings. The summed E-state index contributed by atoms with van der Waals surface area (Å²) in [7, 11) is 2.08. The number of halogens is 1. The summed E-state index contributed by atoms with van der Waals surface area (Å²) in [5, 5.41) is 13.7. The number of hydrogen-bond acceptors (Lipinski definition) is 6. The van der Waals surface area contributed by atoms with Crippen molar-refractivity contribution in [3.8, 4) is 5.75 Å². The van der Waals surface area contributed by atoms with Gasteiger partial charge in [-0.25, -0.2) is 9.18 Å². The fraction of sp³-hybridized carbons (Fsp3) is 0.321. The number of phenolic OH excluding ortho intramolecular Hbond substituents is 1. The number of furan rings is 1. The van der Waals surface area contributed by atoms with E-state index in [0.29, 0.717) is 33.2 Å². The Hall–Kier alpha value is -3.42. The second-order valence-corrected chi connectivity index (χ2v) is 9.06. The van der Waals surface area contributed by atoms with E-state index in [1.54, 1.807) is 26.0 Å². The van der Waals surface area contributed by atoms with E-state index >= 15 is 0 Å². The Kier molecular flexibility index (Phi) is 6.21. The zero-order valence-corrected chi connectivity index (χ0v) is 20.2. The summed E-state index contributed by atoms with van der Waals surface area (Å²) in [5.41, 5.74) is 2.26. The maximum absolute atomic E-state index is 13.9. The van der Waals surface area contributed by atoms with Crippen LogP contribution < -0.4 is 0 Å². The maximum Gasteiger partial charge on any atom is 0.342 e. The first-order valence-electron chi connectivity index (χ1n) is 11.9. The molecule has 1 N–H and O–H groups in total. The molecule has 0 aliphatic carbocycles. The first kappa shape index (κ1) is 23.3. The number of nitrogens with zero attached hydrogens (tertiary/aromatic N) is 2.